The number of nitrogens with two attached hydrogens (primary N) is 1. The molecule has 1 aromatic carbocycles. The molecular formula is C18H24FN3O2. The highest BCUT2D eigenvalue weighted by Crippen LogP contribution is 2.24. The molecule has 0 spiro atoms. The van der Waals surface area contributed by atoms with E-state index in [2.05, 4.69) is 5.32 Å². The molecule has 2 amide bonds. The zero-order valence-electron chi connectivity index (χ0n) is 13.8. The molecule has 5 nitrogen and oxygen atoms in total. The highest BCUT2D eigenvalue weighted by Gasteiger charge is 2.27. The van der Waals surface area contributed by atoms with Crippen LogP contribution in [0.4, 0.5) is 10.1 Å². The number of hydrogen-bond acceptors (Lipinski definition) is 3. The Bertz CT molecular complexity index is 635. The van der Waals surface area contributed by atoms with Crippen molar-refractivity contribution in [2.45, 2.75) is 57.0 Å². The maximum absolute atomic E-state index is 14.4. The van der Waals surface area contributed by atoms with Crippen LogP contribution in [0, 0.1) is 5.82 Å². The maximum Gasteiger partial charge on any atom is 0.254 e. The average Bonchev–Trinajstić information content (AvgIpc) is 2.82. The first-order valence-corrected chi connectivity index (χ1v) is 8.72. The van der Waals surface area contributed by atoms with Crippen molar-refractivity contribution in [2.75, 3.05) is 11.4 Å². The molecule has 0 radical (unpaired) electrons. The highest BCUT2D eigenvalue weighted by molar-refractivity contribution is 5.97. The number of nitrogens with one attached hydrogen (secondary N) is 1. The Morgan fingerprint density at radius 2 is 2.04 bits per heavy atom. The molecule has 0 bridgehead atoms. The van der Waals surface area contributed by atoms with Crippen molar-refractivity contribution in [2.24, 2.45) is 5.73 Å². The molecule has 1 heterocycles. The summed E-state index contributed by atoms with van der Waals surface area (Å²) in [6, 6.07) is 4.23. The lowest BCUT2D eigenvalue weighted by Crippen LogP contribution is -2.44. The summed E-state index contributed by atoms with van der Waals surface area (Å²) < 4.78 is 14.4. The second-order valence-electron chi connectivity index (χ2n) is 6.69. The second kappa shape index (κ2) is 7.30. The lowest BCUT2D eigenvalue weighted by molar-refractivity contribution is -0.118. The van der Waals surface area contributed by atoms with Gasteiger partial charge in [0.25, 0.3) is 5.91 Å². The molecule has 1 saturated heterocycles. The molecule has 3 N–H and O–H groups in total. The van der Waals surface area contributed by atoms with E-state index in [-0.39, 0.29) is 23.6 Å². The van der Waals surface area contributed by atoms with Crippen LogP contribution in [0.1, 0.15) is 55.3 Å². The topological polar surface area (TPSA) is 75.4 Å². The van der Waals surface area contributed by atoms with E-state index in [0.717, 1.165) is 38.5 Å². The van der Waals surface area contributed by atoms with Gasteiger partial charge in [-0.3, -0.25) is 9.59 Å². The third-order valence-electron chi connectivity index (χ3n) is 4.97. The SMILES string of the molecule is NC1CCCC1NC(=O)c1ccc(N2CCCCCC2=O)cc1F. The van der Waals surface area contributed by atoms with E-state index in [9.17, 15) is 14.0 Å². The Morgan fingerprint density at radius 1 is 1.21 bits per heavy atom. The Balaban J connectivity index is 1.74. The minimum atomic E-state index is -0.603. The molecule has 24 heavy (non-hydrogen) atoms. The van der Waals surface area contributed by atoms with Gasteiger partial charge in [0.15, 0.2) is 0 Å². The molecule has 3 rings (SSSR count). The molecule has 2 fully saturated rings. The van der Waals surface area contributed by atoms with E-state index >= 15 is 0 Å². The number of halogens is 1. The zero-order valence-corrected chi connectivity index (χ0v) is 13.8. The van der Waals surface area contributed by atoms with Gasteiger partial charge in [-0.25, -0.2) is 4.39 Å². The minimum absolute atomic E-state index is 0.000112. The molecule has 6 heteroatoms. The van der Waals surface area contributed by atoms with Crippen molar-refractivity contribution in [1.29, 1.82) is 0 Å². The van der Waals surface area contributed by atoms with Crippen molar-refractivity contribution in [1.82, 2.24) is 5.32 Å². The molecular weight excluding hydrogens is 309 g/mol. The molecule has 130 valence electrons. The van der Waals surface area contributed by atoms with E-state index < -0.39 is 11.7 Å². The van der Waals surface area contributed by atoms with Crippen LogP contribution in [0.5, 0.6) is 0 Å². The first kappa shape index (κ1) is 16.9. The van der Waals surface area contributed by atoms with Gasteiger partial charge < -0.3 is 16.0 Å². The average molecular weight is 333 g/mol. The van der Waals surface area contributed by atoms with Crippen LogP contribution in [0.25, 0.3) is 0 Å². The molecule has 2 atom stereocenters. The fourth-order valence-corrected chi connectivity index (χ4v) is 3.53. The number of hydrogen-bond donors (Lipinski definition) is 2. The lowest BCUT2D eigenvalue weighted by Gasteiger charge is -2.21. The number of carbonyl (C=O) groups is 2. The lowest BCUT2D eigenvalue weighted by atomic mass is 10.1. The van der Waals surface area contributed by atoms with Gasteiger partial charge >= 0.3 is 0 Å². The van der Waals surface area contributed by atoms with Gasteiger partial charge in [-0.2, -0.15) is 0 Å². The normalized spacial score (nSPS) is 24.8. The number of benzene rings is 1. The number of carbonyl (C=O) groups excluding carboxylic acids is 2. The Morgan fingerprint density at radius 3 is 2.75 bits per heavy atom. The summed E-state index contributed by atoms with van der Waals surface area (Å²) in [6.45, 7) is 0.598. The van der Waals surface area contributed by atoms with Crippen LogP contribution in [-0.4, -0.2) is 30.4 Å². The Hall–Kier alpha value is -1.95. The molecule has 2 unspecified atom stereocenters. The van der Waals surface area contributed by atoms with Crippen molar-refractivity contribution < 1.29 is 14.0 Å². The van der Waals surface area contributed by atoms with Crippen LogP contribution in [0.3, 0.4) is 0 Å². The quantitative estimate of drug-likeness (QED) is 0.891. The summed E-state index contributed by atoms with van der Waals surface area (Å²) in [5.41, 5.74) is 6.46. The van der Waals surface area contributed by atoms with Crippen LogP contribution in [-0.2, 0) is 4.79 Å². The number of nitrogens with zero attached hydrogens (tertiary/aromatic N) is 1. The third kappa shape index (κ3) is 3.59. The van der Waals surface area contributed by atoms with E-state index in [0.29, 0.717) is 18.7 Å². The first-order chi connectivity index (χ1) is 11.6. The van der Waals surface area contributed by atoms with Gasteiger partial charge in [-0.05, 0) is 50.3 Å². The number of rotatable bonds is 3. The summed E-state index contributed by atoms with van der Waals surface area (Å²) in [4.78, 5) is 26.0. The molecule has 0 aromatic heterocycles. The van der Waals surface area contributed by atoms with Gasteiger partial charge in [0.2, 0.25) is 5.91 Å². The van der Waals surface area contributed by atoms with E-state index in [1.54, 1.807) is 11.0 Å². The van der Waals surface area contributed by atoms with Crippen LogP contribution in [0.15, 0.2) is 18.2 Å². The summed E-state index contributed by atoms with van der Waals surface area (Å²) >= 11 is 0. The smallest absolute Gasteiger partial charge is 0.254 e. The van der Waals surface area contributed by atoms with Crippen molar-refractivity contribution in [3.8, 4) is 0 Å². The second-order valence-corrected chi connectivity index (χ2v) is 6.69. The Labute approximate surface area is 141 Å². The van der Waals surface area contributed by atoms with Crippen LogP contribution < -0.4 is 16.0 Å². The van der Waals surface area contributed by atoms with Crippen LogP contribution >= 0.6 is 0 Å². The number of amides is 2. The molecule has 1 saturated carbocycles. The van der Waals surface area contributed by atoms with Gasteiger partial charge in [-0.15, -0.1) is 0 Å². The van der Waals surface area contributed by atoms with Crippen molar-refractivity contribution in [3.05, 3.63) is 29.6 Å². The van der Waals surface area contributed by atoms with E-state index in [1.165, 1.54) is 12.1 Å². The molecule has 2 aliphatic rings. The van der Waals surface area contributed by atoms with Gasteiger partial charge in [-0.1, -0.05) is 6.42 Å². The molecule has 1 aromatic rings. The fraction of sp³-hybridized carbons (Fsp3) is 0.556. The fourth-order valence-electron chi connectivity index (χ4n) is 3.53. The monoisotopic (exact) mass is 333 g/mol. The first-order valence-electron chi connectivity index (χ1n) is 8.72. The summed E-state index contributed by atoms with van der Waals surface area (Å²) in [5.74, 6) is -1.03. The third-order valence-corrected chi connectivity index (χ3v) is 4.97. The largest absolute Gasteiger partial charge is 0.348 e. The predicted molar refractivity (Wildman–Crippen MR) is 90.3 cm³/mol. The summed E-state index contributed by atoms with van der Waals surface area (Å²) in [6.07, 6.45) is 5.97. The minimum Gasteiger partial charge on any atom is -0.348 e. The number of anilines is 1. The van der Waals surface area contributed by atoms with Gasteiger partial charge in [0.05, 0.1) is 5.56 Å². The van der Waals surface area contributed by atoms with Crippen molar-refractivity contribution in [3.63, 3.8) is 0 Å². The van der Waals surface area contributed by atoms with E-state index in [1.807, 2.05) is 0 Å². The van der Waals surface area contributed by atoms with Crippen molar-refractivity contribution >= 4 is 17.5 Å². The maximum atomic E-state index is 14.4. The van der Waals surface area contributed by atoms with Crippen LogP contribution in [0.2, 0.25) is 0 Å². The molecule has 1 aliphatic carbocycles. The van der Waals surface area contributed by atoms with E-state index in [4.69, 9.17) is 5.73 Å². The standard InChI is InChI=1S/C18H24FN3O2/c19-14-11-12(22-10-3-1-2-7-17(22)23)8-9-13(14)18(24)21-16-6-4-5-15(16)20/h8-9,11,15-16H,1-7,10,20H2,(H,21,24). The zero-order chi connectivity index (χ0) is 17.1. The Kier molecular flexibility index (Phi) is 5.14. The molecule has 1 aliphatic heterocycles. The highest BCUT2D eigenvalue weighted by atomic mass is 19.1. The van der Waals surface area contributed by atoms with Gasteiger partial charge in [0, 0.05) is 30.7 Å². The summed E-state index contributed by atoms with van der Waals surface area (Å²) in [5, 5.41) is 2.82. The summed E-state index contributed by atoms with van der Waals surface area (Å²) in [7, 11) is 0. The van der Waals surface area contributed by atoms with Gasteiger partial charge in [0.1, 0.15) is 5.82 Å². The predicted octanol–water partition coefficient (Wildman–Crippen LogP) is 2.34.